The number of aryl methyl sites for hydroxylation is 1. The molecule has 0 unspecified atom stereocenters. The molecule has 2 heterocycles. The van der Waals surface area contributed by atoms with Crippen molar-refractivity contribution in [3.63, 3.8) is 0 Å². The topological polar surface area (TPSA) is 70.7 Å². The van der Waals surface area contributed by atoms with Gasteiger partial charge in [0.25, 0.3) is 0 Å². The number of rotatable bonds is 4. The number of aromatic nitrogens is 3. The molecule has 0 aliphatic rings. The Bertz CT molecular complexity index is 934. The first-order chi connectivity index (χ1) is 11.4. The van der Waals surface area contributed by atoms with Gasteiger partial charge < -0.3 is 10.3 Å². The molecule has 0 fully saturated rings. The molecule has 2 N–H and O–H groups in total. The molecule has 0 amide bonds. The highest BCUT2D eigenvalue weighted by molar-refractivity contribution is 6.18. The van der Waals surface area contributed by atoms with Crippen molar-refractivity contribution < 1.29 is 13.6 Å². The third kappa shape index (κ3) is 2.62. The number of anilines is 1. The third-order valence-electron chi connectivity index (χ3n) is 3.65. The van der Waals surface area contributed by atoms with Crippen molar-refractivity contribution in [1.29, 1.82) is 0 Å². The number of hydrogen-bond donors (Lipinski definition) is 2. The second-order valence-corrected chi connectivity index (χ2v) is 5.83. The highest BCUT2D eigenvalue weighted by atomic mass is 19.1. The Balaban J connectivity index is 2.20. The maximum absolute atomic E-state index is 14.3. The third-order valence-corrected chi connectivity index (χ3v) is 3.65. The van der Waals surface area contributed by atoms with Crippen LogP contribution >= 0.6 is 0 Å². The molecule has 0 bridgehead atoms. The Labute approximate surface area is 137 Å². The maximum Gasteiger partial charge on any atom is 0.201 e. The summed E-state index contributed by atoms with van der Waals surface area (Å²) in [4.78, 5) is 23.8. The second-order valence-electron chi connectivity index (χ2n) is 5.83. The minimum atomic E-state index is -0.896. The summed E-state index contributed by atoms with van der Waals surface area (Å²) in [6.45, 7) is 5.32. The van der Waals surface area contributed by atoms with Crippen molar-refractivity contribution in [3.8, 4) is 0 Å². The molecule has 0 saturated carbocycles. The van der Waals surface area contributed by atoms with Crippen molar-refractivity contribution >= 4 is 22.6 Å². The highest BCUT2D eigenvalue weighted by Gasteiger charge is 2.25. The number of ketones is 1. The molecule has 0 aliphatic carbocycles. The van der Waals surface area contributed by atoms with Crippen LogP contribution in [-0.4, -0.2) is 26.8 Å². The van der Waals surface area contributed by atoms with E-state index in [2.05, 4.69) is 20.3 Å². The van der Waals surface area contributed by atoms with E-state index in [0.717, 1.165) is 6.07 Å². The number of halogens is 2. The molecule has 1 aromatic carbocycles. The lowest BCUT2D eigenvalue weighted by Crippen LogP contribution is -2.13. The zero-order valence-corrected chi connectivity index (χ0v) is 13.4. The van der Waals surface area contributed by atoms with Gasteiger partial charge in [0, 0.05) is 12.2 Å². The van der Waals surface area contributed by atoms with Gasteiger partial charge in [-0.3, -0.25) is 4.79 Å². The van der Waals surface area contributed by atoms with E-state index in [9.17, 15) is 13.6 Å². The number of nitrogens with zero attached hydrogens (tertiary/aromatic N) is 2. The van der Waals surface area contributed by atoms with Crippen LogP contribution in [0, 0.1) is 18.6 Å². The number of carbonyl (C=O) groups excluding carboxylic acids is 1. The Morgan fingerprint density at radius 2 is 2.00 bits per heavy atom. The van der Waals surface area contributed by atoms with Gasteiger partial charge in [0.1, 0.15) is 29.4 Å². The summed E-state index contributed by atoms with van der Waals surface area (Å²) in [5.74, 6) is -2.06. The van der Waals surface area contributed by atoms with Crippen molar-refractivity contribution in [3.05, 3.63) is 53.0 Å². The zero-order valence-electron chi connectivity index (χ0n) is 13.4. The summed E-state index contributed by atoms with van der Waals surface area (Å²) >= 11 is 0. The standard InChI is InChI=1S/C17H16F2N4O/c1-8(2)23-17-12-10(6-20-16(12)21-7-22-17)15(24)13-11(18)5-4-9(3)14(13)19/h4-8H,1-3H3,(H2,20,21,22,23). The molecule has 0 aliphatic heterocycles. The van der Waals surface area contributed by atoms with Crippen LogP contribution in [0.5, 0.6) is 0 Å². The monoisotopic (exact) mass is 330 g/mol. The summed E-state index contributed by atoms with van der Waals surface area (Å²) < 4.78 is 28.4. The summed E-state index contributed by atoms with van der Waals surface area (Å²) in [5.41, 5.74) is 0.175. The zero-order chi connectivity index (χ0) is 17.4. The number of benzene rings is 1. The smallest absolute Gasteiger partial charge is 0.201 e. The summed E-state index contributed by atoms with van der Waals surface area (Å²) in [6, 6.07) is 2.45. The van der Waals surface area contributed by atoms with Crippen LogP contribution in [0.25, 0.3) is 11.0 Å². The van der Waals surface area contributed by atoms with Gasteiger partial charge in [-0.25, -0.2) is 18.7 Å². The number of carbonyl (C=O) groups is 1. The Morgan fingerprint density at radius 3 is 2.71 bits per heavy atom. The van der Waals surface area contributed by atoms with Crippen molar-refractivity contribution in [2.75, 3.05) is 5.32 Å². The van der Waals surface area contributed by atoms with E-state index in [1.54, 1.807) is 0 Å². The minimum Gasteiger partial charge on any atom is -0.367 e. The minimum absolute atomic E-state index is 0.0633. The molecule has 124 valence electrons. The van der Waals surface area contributed by atoms with Crippen LogP contribution in [0.4, 0.5) is 14.6 Å². The van der Waals surface area contributed by atoms with Crippen LogP contribution in [-0.2, 0) is 0 Å². The van der Waals surface area contributed by atoms with Crippen LogP contribution in [0.3, 0.4) is 0 Å². The molecular weight excluding hydrogens is 314 g/mol. The summed E-state index contributed by atoms with van der Waals surface area (Å²) in [6.07, 6.45) is 2.75. The van der Waals surface area contributed by atoms with E-state index in [-0.39, 0.29) is 17.2 Å². The largest absolute Gasteiger partial charge is 0.367 e. The molecule has 0 saturated heterocycles. The molecule has 2 aromatic heterocycles. The lowest BCUT2D eigenvalue weighted by atomic mass is 10.00. The Morgan fingerprint density at radius 1 is 1.25 bits per heavy atom. The van der Waals surface area contributed by atoms with E-state index >= 15 is 0 Å². The maximum atomic E-state index is 14.3. The first-order valence-corrected chi connectivity index (χ1v) is 7.48. The molecular formula is C17H16F2N4O. The van der Waals surface area contributed by atoms with Crippen LogP contribution in [0.1, 0.15) is 35.3 Å². The molecule has 3 aromatic rings. The predicted octanol–water partition coefficient (Wildman–Crippen LogP) is 3.60. The van der Waals surface area contributed by atoms with Gasteiger partial charge in [-0.15, -0.1) is 0 Å². The van der Waals surface area contributed by atoms with E-state index in [1.165, 1.54) is 25.5 Å². The second kappa shape index (κ2) is 5.99. The molecule has 3 rings (SSSR count). The van der Waals surface area contributed by atoms with Gasteiger partial charge >= 0.3 is 0 Å². The Kier molecular flexibility index (Phi) is 4.01. The Hall–Kier alpha value is -2.83. The summed E-state index contributed by atoms with van der Waals surface area (Å²) in [5, 5.41) is 3.52. The number of nitrogens with one attached hydrogen (secondary N) is 2. The number of hydrogen-bond acceptors (Lipinski definition) is 4. The van der Waals surface area contributed by atoms with Gasteiger partial charge in [-0.05, 0) is 32.4 Å². The number of aromatic amines is 1. The van der Waals surface area contributed by atoms with E-state index in [1.807, 2.05) is 13.8 Å². The van der Waals surface area contributed by atoms with Gasteiger partial charge in [0.2, 0.25) is 5.78 Å². The molecule has 0 atom stereocenters. The fraction of sp³-hybridized carbons (Fsp3) is 0.235. The van der Waals surface area contributed by atoms with E-state index < -0.39 is 23.0 Å². The first-order valence-electron chi connectivity index (χ1n) is 7.48. The van der Waals surface area contributed by atoms with Gasteiger partial charge in [-0.2, -0.15) is 0 Å². The normalized spacial score (nSPS) is 11.2. The molecule has 24 heavy (non-hydrogen) atoms. The molecule has 7 heteroatoms. The van der Waals surface area contributed by atoms with Crippen molar-refractivity contribution in [2.24, 2.45) is 0 Å². The van der Waals surface area contributed by atoms with Crippen LogP contribution in [0.2, 0.25) is 0 Å². The van der Waals surface area contributed by atoms with Crippen molar-refractivity contribution in [1.82, 2.24) is 15.0 Å². The summed E-state index contributed by atoms with van der Waals surface area (Å²) in [7, 11) is 0. The van der Waals surface area contributed by atoms with Crippen LogP contribution in [0.15, 0.2) is 24.7 Å². The average molecular weight is 330 g/mol. The van der Waals surface area contributed by atoms with Gasteiger partial charge in [0.15, 0.2) is 0 Å². The van der Waals surface area contributed by atoms with E-state index in [0.29, 0.717) is 16.9 Å². The SMILES string of the molecule is Cc1ccc(F)c(C(=O)c2c[nH]c3ncnc(NC(C)C)c23)c1F. The molecule has 5 nitrogen and oxygen atoms in total. The van der Waals surface area contributed by atoms with Gasteiger partial charge in [0.05, 0.1) is 16.5 Å². The highest BCUT2D eigenvalue weighted by Crippen LogP contribution is 2.28. The van der Waals surface area contributed by atoms with Crippen molar-refractivity contribution in [2.45, 2.75) is 26.8 Å². The fourth-order valence-corrected chi connectivity index (χ4v) is 2.52. The number of H-pyrrole nitrogens is 1. The lowest BCUT2D eigenvalue weighted by Gasteiger charge is -2.11. The molecule has 0 radical (unpaired) electrons. The van der Waals surface area contributed by atoms with Gasteiger partial charge in [-0.1, -0.05) is 6.07 Å². The van der Waals surface area contributed by atoms with Crippen LogP contribution < -0.4 is 5.32 Å². The quantitative estimate of drug-likeness (QED) is 0.717. The fourth-order valence-electron chi connectivity index (χ4n) is 2.52. The lowest BCUT2D eigenvalue weighted by molar-refractivity contribution is 0.103. The number of fused-ring (bicyclic) bond motifs is 1. The average Bonchev–Trinajstić information content (AvgIpc) is 2.96. The van der Waals surface area contributed by atoms with E-state index in [4.69, 9.17) is 0 Å². The first kappa shape index (κ1) is 16.0. The molecule has 0 spiro atoms. The predicted molar refractivity (Wildman–Crippen MR) is 87.2 cm³/mol.